The molecule has 0 amide bonds. The van der Waals surface area contributed by atoms with Crippen LogP contribution in [0.3, 0.4) is 0 Å². The molecule has 106 valence electrons. The summed E-state index contributed by atoms with van der Waals surface area (Å²) in [6.45, 7) is 5.48. The zero-order valence-corrected chi connectivity index (χ0v) is 15.1. The van der Waals surface area contributed by atoms with Crippen molar-refractivity contribution >= 4 is 35.2 Å². The van der Waals surface area contributed by atoms with Crippen LogP contribution in [0, 0.1) is 0 Å². The normalized spacial score (nSPS) is 10.3. The van der Waals surface area contributed by atoms with E-state index in [9.17, 15) is 0 Å². The van der Waals surface area contributed by atoms with Gasteiger partial charge in [-0.3, -0.25) is 0 Å². The van der Waals surface area contributed by atoms with Crippen LogP contribution < -0.4 is 18.4 Å². The average Bonchev–Trinajstić information content (AvgIpc) is 2.48. The van der Waals surface area contributed by atoms with E-state index in [1.54, 1.807) is 0 Å². The minimum absolute atomic E-state index is 0.450. The first-order chi connectivity index (χ1) is 9.83. The summed E-state index contributed by atoms with van der Waals surface area (Å²) in [6, 6.07) is 16.8. The fourth-order valence-electron chi connectivity index (χ4n) is 1.64. The third kappa shape index (κ3) is 4.57. The zero-order valence-electron chi connectivity index (χ0n) is 11.7. The van der Waals surface area contributed by atoms with Crippen molar-refractivity contribution in [2.24, 2.45) is 0 Å². The molecular formula is C16H18O2Se2. The van der Waals surface area contributed by atoms with Crippen LogP contribution in [0.1, 0.15) is 13.8 Å². The molecule has 0 aliphatic carbocycles. The van der Waals surface area contributed by atoms with Crippen molar-refractivity contribution in [2.75, 3.05) is 13.2 Å². The van der Waals surface area contributed by atoms with E-state index >= 15 is 0 Å². The second-order valence-corrected chi connectivity index (χ2v) is 10.2. The fourth-order valence-corrected chi connectivity index (χ4v) is 8.01. The Hall–Kier alpha value is -0.921. The first-order valence-electron chi connectivity index (χ1n) is 6.62. The van der Waals surface area contributed by atoms with Crippen LogP contribution in [0.4, 0.5) is 0 Å². The Labute approximate surface area is 131 Å². The van der Waals surface area contributed by atoms with Gasteiger partial charge in [0.25, 0.3) is 0 Å². The number of rotatable bonds is 7. The first kappa shape index (κ1) is 15.5. The van der Waals surface area contributed by atoms with Crippen LogP contribution in [0.5, 0.6) is 11.5 Å². The minimum atomic E-state index is 0.450. The second-order valence-electron chi connectivity index (χ2n) is 3.95. The molecular weight excluding hydrogens is 382 g/mol. The molecule has 2 aromatic rings. The molecule has 2 aromatic carbocycles. The van der Waals surface area contributed by atoms with Crippen molar-refractivity contribution in [2.45, 2.75) is 13.8 Å². The first-order valence-corrected chi connectivity index (χ1v) is 12.7. The van der Waals surface area contributed by atoms with Crippen molar-refractivity contribution in [1.82, 2.24) is 0 Å². The van der Waals surface area contributed by atoms with E-state index in [4.69, 9.17) is 9.47 Å². The van der Waals surface area contributed by atoms with Gasteiger partial charge in [0.2, 0.25) is 0 Å². The Kier molecular flexibility index (Phi) is 6.48. The zero-order chi connectivity index (χ0) is 14.2. The number of para-hydroxylation sites is 1. The van der Waals surface area contributed by atoms with Crippen LogP contribution in [-0.4, -0.2) is 39.5 Å². The second kappa shape index (κ2) is 8.38. The molecule has 0 atom stereocenters. The Balaban J connectivity index is 1.97. The molecule has 0 saturated carbocycles. The summed E-state index contributed by atoms with van der Waals surface area (Å²) < 4.78 is 13.9. The van der Waals surface area contributed by atoms with E-state index in [1.165, 1.54) is 8.92 Å². The molecule has 0 fully saturated rings. The molecule has 20 heavy (non-hydrogen) atoms. The van der Waals surface area contributed by atoms with Gasteiger partial charge in [0.1, 0.15) is 0 Å². The van der Waals surface area contributed by atoms with Gasteiger partial charge in [-0.15, -0.1) is 0 Å². The van der Waals surface area contributed by atoms with Crippen LogP contribution in [0.15, 0.2) is 48.5 Å². The monoisotopic (exact) mass is 402 g/mol. The molecule has 0 radical (unpaired) electrons. The van der Waals surface area contributed by atoms with Gasteiger partial charge in [-0.2, -0.15) is 0 Å². The predicted molar refractivity (Wildman–Crippen MR) is 86.0 cm³/mol. The maximum atomic E-state index is 5.68. The SMILES string of the molecule is CCOc1ccc([Se][Se]c2ccccc2OCC)cc1. The molecule has 0 heterocycles. The quantitative estimate of drug-likeness (QED) is 0.660. The summed E-state index contributed by atoms with van der Waals surface area (Å²) in [4.78, 5) is 0. The molecule has 2 nitrogen and oxygen atoms in total. The van der Waals surface area contributed by atoms with E-state index in [-0.39, 0.29) is 0 Å². The van der Waals surface area contributed by atoms with Gasteiger partial charge in [0, 0.05) is 0 Å². The Morgan fingerprint density at radius 2 is 1.50 bits per heavy atom. The molecule has 0 aromatic heterocycles. The van der Waals surface area contributed by atoms with Crippen molar-refractivity contribution in [3.63, 3.8) is 0 Å². The van der Waals surface area contributed by atoms with Gasteiger partial charge in [-0.1, -0.05) is 0 Å². The van der Waals surface area contributed by atoms with E-state index in [1.807, 2.05) is 19.9 Å². The Bertz CT molecular complexity index is 526. The third-order valence-electron chi connectivity index (χ3n) is 2.51. The predicted octanol–water partition coefficient (Wildman–Crippen LogP) is 1.76. The number of ether oxygens (including phenoxy) is 2. The van der Waals surface area contributed by atoms with E-state index in [0.717, 1.165) is 24.7 Å². The van der Waals surface area contributed by atoms with Crippen LogP contribution in [0.25, 0.3) is 0 Å². The number of hydrogen-bond acceptors (Lipinski definition) is 2. The van der Waals surface area contributed by atoms with Gasteiger partial charge in [-0.05, 0) is 0 Å². The maximum absolute atomic E-state index is 5.68. The van der Waals surface area contributed by atoms with Gasteiger partial charge < -0.3 is 0 Å². The molecule has 0 spiro atoms. The third-order valence-corrected chi connectivity index (χ3v) is 9.71. The summed E-state index contributed by atoms with van der Waals surface area (Å²) in [5.74, 6) is 2.00. The Morgan fingerprint density at radius 1 is 0.800 bits per heavy atom. The molecule has 0 aliphatic heterocycles. The summed E-state index contributed by atoms with van der Waals surface area (Å²) >= 11 is 0.927. The summed E-state index contributed by atoms with van der Waals surface area (Å²) in [5, 5.41) is 0. The average molecular weight is 400 g/mol. The van der Waals surface area contributed by atoms with E-state index in [0.29, 0.717) is 26.3 Å². The molecule has 0 saturated heterocycles. The molecule has 2 rings (SSSR count). The van der Waals surface area contributed by atoms with Crippen molar-refractivity contribution in [3.8, 4) is 11.5 Å². The van der Waals surface area contributed by atoms with Crippen molar-refractivity contribution in [1.29, 1.82) is 0 Å². The molecule has 0 bridgehead atoms. The van der Waals surface area contributed by atoms with Crippen LogP contribution >= 0.6 is 0 Å². The summed E-state index contributed by atoms with van der Waals surface area (Å²) in [5.41, 5.74) is 0. The van der Waals surface area contributed by atoms with Gasteiger partial charge in [-0.25, -0.2) is 0 Å². The van der Waals surface area contributed by atoms with Gasteiger partial charge in [0.15, 0.2) is 0 Å². The topological polar surface area (TPSA) is 18.5 Å². The standard InChI is InChI=1S/C16H18O2Se2/c1-3-17-13-9-11-14(12-10-13)19-20-16-8-6-5-7-15(16)18-4-2/h5-12H,3-4H2,1-2H3. The number of hydrogen-bond donors (Lipinski definition) is 0. The Morgan fingerprint density at radius 3 is 2.20 bits per heavy atom. The van der Waals surface area contributed by atoms with E-state index in [2.05, 4.69) is 42.5 Å². The van der Waals surface area contributed by atoms with Crippen LogP contribution in [-0.2, 0) is 0 Å². The van der Waals surface area contributed by atoms with Crippen molar-refractivity contribution < 1.29 is 9.47 Å². The van der Waals surface area contributed by atoms with Gasteiger partial charge in [0.05, 0.1) is 0 Å². The molecule has 0 N–H and O–H groups in total. The summed E-state index contributed by atoms with van der Waals surface area (Å²) in [7, 11) is 0. The van der Waals surface area contributed by atoms with Gasteiger partial charge >= 0.3 is 132 Å². The van der Waals surface area contributed by atoms with Crippen molar-refractivity contribution in [3.05, 3.63) is 48.5 Å². The van der Waals surface area contributed by atoms with E-state index < -0.39 is 0 Å². The molecule has 0 aliphatic rings. The number of benzene rings is 2. The fraction of sp³-hybridized carbons (Fsp3) is 0.250. The molecule has 4 heteroatoms. The molecule has 0 unspecified atom stereocenters. The van der Waals surface area contributed by atoms with Crippen LogP contribution in [0.2, 0.25) is 0 Å². The summed E-state index contributed by atoms with van der Waals surface area (Å²) in [6.07, 6.45) is 0.